The lowest BCUT2D eigenvalue weighted by Crippen LogP contribution is -2.36. The highest BCUT2D eigenvalue weighted by atomic mass is 19.4. The van der Waals surface area contributed by atoms with E-state index in [9.17, 15) is 13.2 Å². The van der Waals surface area contributed by atoms with E-state index < -0.39 is 18.8 Å². The number of halogens is 3. The van der Waals surface area contributed by atoms with E-state index in [0.29, 0.717) is 29.7 Å². The maximum Gasteiger partial charge on any atom is 0.405 e. The Morgan fingerprint density at radius 2 is 1.77 bits per heavy atom. The maximum absolute atomic E-state index is 13.7. The smallest absolute Gasteiger partial charge is 0.384 e. The summed E-state index contributed by atoms with van der Waals surface area (Å²) < 4.78 is 41.2. The molecule has 35 heavy (non-hydrogen) atoms. The number of hydrogen-bond acceptors (Lipinski definition) is 5. The van der Waals surface area contributed by atoms with Crippen molar-refractivity contribution in [2.45, 2.75) is 37.5 Å². The SMILES string of the molecule is CN1CCC(Nc2cccc3c2CC(c2cc(N)nc(-c4ccccc4)c2)N3CC(F)(F)F)CC1. The van der Waals surface area contributed by atoms with E-state index >= 15 is 0 Å². The fourth-order valence-corrected chi connectivity index (χ4v) is 5.25. The summed E-state index contributed by atoms with van der Waals surface area (Å²) in [6.07, 6.45) is -1.84. The number of nitrogens with zero attached hydrogens (tertiary/aromatic N) is 3. The number of piperidine rings is 1. The molecule has 1 fully saturated rings. The van der Waals surface area contributed by atoms with E-state index in [0.717, 1.165) is 48.3 Å². The molecule has 2 aromatic carbocycles. The Balaban J connectivity index is 1.51. The molecule has 0 aliphatic carbocycles. The van der Waals surface area contributed by atoms with Gasteiger partial charge < -0.3 is 20.9 Å². The summed E-state index contributed by atoms with van der Waals surface area (Å²) in [5.74, 6) is 0.300. The Kier molecular flexibility index (Phi) is 6.32. The Hall–Kier alpha value is -3.26. The van der Waals surface area contributed by atoms with Crippen LogP contribution in [-0.2, 0) is 6.42 Å². The number of rotatable bonds is 5. The van der Waals surface area contributed by atoms with Crippen molar-refractivity contribution in [3.8, 4) is 11.3 Å². The number of fused-ring (bicyclic) bond motifs is 1. The molecule has 1 aromatic heterocycles. The predicted octanol–water partition coefficient (Wildman–Crippen LogP) is 5.50. The largest absolute Gasteiger partial charge is 0.405 e. The molecule has 5 rings (SSSR count). The molecule has 3 aromatic rings. The second-order valence-corrected chi connectivity index (χ2v) is 9.56. The summed E-state index contributed by atoms with van der Waals surface area (Å²) in [6, 6.07) is 18.6. The van der Waals surface area contributed by atoms with Gasteiger partial charge in [-0.05, 0) is 62.8 Å². The first-order valence-electron chi connectivity index (χ1n) is 12.0. The molecule has 3 heterocycles. The van der Waals surface area contributed by atoms with Gasteiger partial charge in [-0.3, -0.25) is 0 Å². The third-order valence-corrected chi connectivity index (χ3v) is 6.98. The van der Waals surface area contributed by atoms with Crippen molar-refractivity contribution in [2.75, 3.05) is 42.6 Å². The van der Waals surface area contributed by atoms with Crippen LogP contribution in [0.25, 0.3) is 11.3 Å². The number of pyridine rings is 1. The van der Waals surface area contributed by atoms with Gasteiger partial charge in [0.25, 0.3) is 0 Å². The first kappa shape index (κ1) is 23.5. The lowest BCUT2D eigenvalue weighted by atomic mass is 9.99. The van der Waals surface area contributed by atoms with Gasteiger partial charge in [-0.1, -0.05) is 36.4 Å². The van der Waals surface area contributed by atoms with Crippen LogP contribution in [0.5, 0.6) is 0 Å². The number of aromatic nitrogens is 1. The van der Waals surface area contributed by atoms with Crippen LogP contribution >= 0.6 is 0 Å². The molecule has 1 atom stereocenters. The van der Waals surface area contributed by atoms with Gasteiger partial charge in [0.1, 0.15) is 12.4 Å². The van der Waals surface area contributed by atoms with E-state index in [2.05, 4.69) is 22.2 Å². The number of hydrogen-bond donors (Lipinski definition) is 2. The summed E-state index contributed by atoms with van der Waals surface area (Å²) >= 11 is 0. The number of benzene rings is 2. The molecule has 0 spiro atoms. The van der Waals surface area contributed by atoms with Crippen LogP contribution < -0.4 is 16.0 Å². The summed E-state index contributed by atoms with van der Waals surface area (Å²) in [5.41, 5.74) is 10.9. The van der Waals surface area contributed by atoms with Crippen molar-refractivity contribution in [1.82, 2.24) is 9.88 Å². The normalized spacial score (nSPS) is 19.1. The third-order valence-electron chi connectivity index (χ3n) is 6.98. The van der Waals surface area contributed by atoms with Gasteiger partial charge in [0.2, 0.25) is 0 Å². The highest BCUT2D eigenvalue weighted by molar-refractivity contribution is 5.72. The van der Waals surface area contributed by atoms with Crippen molar-refractivity contribution in [1.29, 1.82) is 0 Å². The molecule has 0 bridgehead atoms. The summed E-state index contributed by atoms with van der Waals surface area (Å²) in [6.45, 7) is 0.993. The van der Waals surface area contributed by atoms with Crippen molar-refractivity contribution >= 4 is 17.2 Å². The lowest BCUT2D eigenvalue weighted by molar-refractivity contribution is -0.120. The second-order valence-electron chi connectivity index (χ2n) is 9.56. The minimum Gasteiger partial charge on any atom is -0.384 e. The van der Waals surface area contributed by atoms with Crippen LogP contribution in [0.1, 0.15) is 30.0 Å². The zero-order valence-electron chi connectivity index (χ0n) is 19.7. The highest BCUT2D eigenvalue weighted by Gasteiger charge is 2.40. The summed E-state index contributed by atoms with van der Waals surface area (Å²) in [5, 5.41) is 3.63. The number of likely N-dealkylation sites (tertiary alicyclic amines) is 1. The molecule has 8 heteroatoms. The number of nitrogens with one attached hydrogen (secondary N) is 1. The molecule has 1 unspecified atom stereocenters. The molecule has 2 aliphatic rings. The van der Waals surface area contributed by atoms with Crippen molar-refractivity contribution in [2.24, 2.45) is 0 Å². The predicted molar refractivity (Wildman–Crippen MR) is 135 cm³/mol. The molecule has 0 amide bonds. The van der Waals surface area contributed by atoms with E-state index in [-0.39, 0.29) is 0 Å². The zero-order chi connectivity index (χ0) is 24.6. The van der Waals surface area contributed by atoms with Gasteiger partial charge >= 0.3 is 6.18 Å². The average Bonchev–Trinajstić information content (AvgIpc) is 3.19. The van der Waals surface area contributed by atoms with E-state index in [1.54, 1.807) is 12.1 Å². The zero-order valence-corrected chi connectivity index (χ0v) is 19.7. The molecule has 184 valence electrons. The first-order chi connectivity index (χ1) is 16.8. The maximum atomic E-state index is 13.7. The monoisotopic (exact) mass is 481 g/mol. The van der Waals surface area contributed by atoms with Gasteiger partial charge in [-0.25, -0.2) is 4.98 Å². The molecule has 0 saturated carbocycles. The van der Waals surface area contributed by atoms with E-state index in [4.69, 9.17) is 5.73 Å². The molecule has 5 nitrogen and oxygen atoms in total. The van der Waals surface area contributed by atoms with Gasteiger partial charge in [-0.2, -0.15) is 13.2 Å². The molecular weight excluding hydrogens is 451 g/mol. The fourth-order valence-electron chi connectivity index (χ4n) is 5.25. The van der Waals surface area contributed by atoms with Crippen molar-refractivity contribution < 1.29 is 13.2 Å². The van der Waals surface area contributed by atoms with Crippen LogP contribution in [0.15, 0.2) is 60.7 Å². The van der Waals surface area contributed by atoms with Crippen LogP contribution in [0.2, 0.25) is 0 Å². The van der Waals surface area contributed by atoms with E-state index in [1.807, 2.05) is 48.5 Å². The molecule has 1 saturated heterocycles. The molecular formula is C27H30F3N5. The van der Waals surface area contributed by atoms with Crippen molar-refractivity contribution in [3.63, 3.8) is 0 Å². The number of nitrogen functional groups attached to an aromatic ring is 1. The minimum atomic E-state index is -4.34. The minimum absolute atomic E-state index is 0.300. The van der Waals surface area contributed by atoms with Gasteiger partial charge in [0, 0.05) is 35.0 Å². The Morgan fingerprint density at radius 1 is 1.03 bits per heavy atom. The second kappa shape index (κ2) is 9.41. The fraction of sp³-hybridized carbons (Fsp3) is 0.370. The Morgan fingerprint density at radius 3 is 2.49 bits per heavy atom. The Bertz CT molecular complexity index is 1170. The molecule has 3 N–H and O–H groups in total. The van der Waals surface area contributed by atoms with Gasteiger partial charge in [-0.15, -0.1) is 0 Å². The Labute approximate surface area is 203 Å². The number of alkyl halides is 3. The average molecular weight is 482 g/mol. The van der Waals surface area contributed by atoms with Crippen LogP contribution in [0, 0.1) is 0 Å². The number of anilines is 3. The van der Waals surface area contributed by atoms with Gasteiger partial charge in [0.15, 0.2) is 0 Å². The standard InChI is InChI=1S/C27H30F3N5/c1-34-12-10-20(11-13-34)32-22-8-5-9-24-21(22)16-25(35(24)17-27(28,29)30)19-14-23(33-26(31)15-19)18-6-3-2-4-7-18/h2-9,14-15,20,25,32H,10-13,16-17H2,1H3,(H2,31,33). The quantitative estimate of drug-likeness (QED) is 0.504. The number of nitrogens with two attached hydrogens (primary N) is 1. The lowest BCUT2D eigenvalue weighted by Gasteiger charge is -2.31. The summed E-state index contributed by atoms with van der Waals surface area (Å²) in [7, 11) is 2.11. The topological polar surface area (TPSA) is 57.4 Å². The van der Waals surface area contributed by atoms with Crippen LogP contribution in [0.3, 0.4) is 0 Å². The van der Waals surface area contributed by atoms with Crippen molar-refractivity contribution in [3.05, 3.63) is 71.8 Å². The van der Waals surface area contributed by atoms with Crippen LogP contribution in [0.4, 0.5) is 30.4 Å². The molecule has 0 radical (unpaired) electrons. The van der Waals surface area contributed by atoms with Crippen LogP contribution in [-0.4, -0.2) is 48.8 Å². The first-order valence-corrected chi connectivity index (χ1v) is 12.0. The summed E-state index contributed by atoms with van der Waals surface area (Å²) in [4.78, 5) is 8.22. The molecule has 2 aliphatic heterocycles. The van der Waals surface area contributed by atoms with E-state index in [1.165, 1.54) is 4.90 Å². The third kappa shape index (κ3) is 5.22. The highest BCUT2D eigenvalue weighted by Crippen LogP contribution is 2.46. The van der Waals surface area contributed by atoms with Gasteiger partial charge in [0.05, 0.1) is 11.7 Å².